The normalized spacial score (nSPS) is 12.1. The fraction of sp³-hybridized carbons (Fsp3) is 0.263. The van der Waals surface area contributed by atoms with Gasteiger partial charge >= 0.3 is 0 Å². The molecule has 0 saturated carbocycles. The number of hydrogen-bond acceptors (Lipinski definition) is 5. The quantitative estimate of drug-likeness (QED) is 0.607. The lowest BCUT2D eigenvalue weighted by Crippen LogP contribution is -2.14. The predicted molar refractivity (Wildman–Crippen MR) is 99.1 cm³/mol. The van der Waals surface area contributed by atoms with E-state index >= 15 is 0 Å². The van der Waals surface area contributed by atoms with Gasteiger partial charge in [-0.2, -0.15) is 0 Å². The minimum atomic E-state index is 0.0949. The summed E-state index contributed by atoms with van der Waals surface area (Å²) in [5.74, 6) is 0.290. The largest absolute Gasteiger partial charge is 0.367 e. The van der Waals surface area contributed by atoms with Crippen LogP contribution in [0.4, 0.5) is 5.95 Å². The molecule has 1 aromatic carbocycles. The van der Waals surface area contributed by atoms with Gasteiger partial charge in [0, 0.05) is 24.2 Å². The zero-order valence-corrected chi connectivity index (χ0v) is 14.6. The van der Waals surface area contributed by atoms with Crippen molar-refractivity contribution in [2.75, 3.05) is 5.73 Å². The van der Waals surface area contributed by atoms with Crippen LogP contribution in [0, 0.1) is 5.41 Å². The lowest BCUT2D eigenvalue weighted by atomic mass is 9.89. The highest BCUT2D eigenvalue weighted by molar-refractivity contribution is 5.88. The SMILES string of the molecule is CC(C)(C)Cc1nc(N)nn2ccc(-c3ccc4nccnc4c3)c12. The van der Waals surface area contributed by atoms with E-state index in [2.05, 4.69) is 53.0 Å². The number of hydrogen-bond donors (Lipinski definition) is 1. The molecule has 0 bridgehead atoms. The van der Waals surface area contributed by atoms with Crippen LogP contribution < -0.4 is 5.73 Å². The van der Waals surface area contributed by atoms with Gasteiger partial charge in [0.05, 0.1) is 22.2 Å². The minimum absolute atomic E-state index is 0.0949. The van der Waals surface area contributed by atoms with Crippen LogP contribution in [-0.2, 0) is 6.42 Å². The zero-order chi connectivity index (χ0) is 17.6. The highest BCUT2D eigenvalue weighted by atomic mass is 15.3. The first-order valence-corrected chi connectivity index (χ1v) is 8.26. The van der Waals surface area contributed by atoms with Crippen molar-refractivity contribution in [3.63, 3.8) is 0 Å². The summed E-state index contributed by atoms with van der Waals surface area (Å²) in [4.78, 5) is 13.3. The number of nitrogen functional groups attached to an aromatic ring is 1. The third-order valence-corrected chi connectivity index (χ3v) is 4.08. The van der Waals surface area contributed by atoms with E-state index in [0.29, 0.717) is 5.95 Å². The van der Waals surface area contributed by atoms with Crippen molar-refractivity contribution in [3.8, 4) is 11.1 Å². The number of nitrogens with two attached hydrogens (primary N) is 1. The standard InChI is InChI=1S/C19H20N6/c1-19(2,3)11-16-17-13(6-9-25(17)24-18(20)23-16)12-4-5-14-15(10-12)22-8-7-21-14/h4-10H,11H2,1-3H3,(H2,20,24). The maximum Gasteiger partial charge on any atom is 0.238 e. The third-order valence-electron chi connectivity index (χ3n) is 4.08. The van der Waals surface area contributed by atoms with Crippen molar-refractivity contribution < 1.29 is 0 Å². The molecule has 126 valence electrons. The van der Waals surface area contributed by atoms with Crippen molar-refractivity contribution in [1.29, 1.82) is 0 Å². The Hall–Kier alpha value is -3.02. The predicted octanol–water partition coefficient (Wildman–Crippen LogP) is 3.51. The summed E-state index contributed by atoms with van der Waals surface area (Å²) in [5.41, 5.74) is 11.8. The second kappa shape index (κ2) is 5.51. The fourth-order valence-corrected chi connectivity index (χ4v) is 3.11. The van der Waals surface area contributed by atoms with Gasteiger partial charge in [-0.25, -0.2) is 9.50 Å². The van der Waals surface area contributed by atoms with Gasteiger partial charge in [0.15, 0.2) is 0 Å². The molecular formula is C19H20N6. The van der Waals surface area contributed by atoms with E-state index in [1.54, 1.807) is 12.4 Å². The third kappa shape index (κ3) is 2.91. The molecule has 2 N–H and O–H groups in total. The molecule has 6 heteroatoms. The van der Waals surface area contributed by atoms with E-state index in [9.17, 15) is 0 Å². The number of anilines is 1. The molecule has 0 saturated heterocycles. The van der Waals surface area contributed by atoms with Gasteiger partial charge in [0.2, 0.25) is 5.95 Å². The summed E-state index contributed by atoms with van der Waals surface area (Å²) in [7, 11) is 0. The van der Waals surface area contributed by atoms with Crippen LogP contribution in [0.15, 0.2) is 42.9 Å². The summed E-state index contributed by atoms with van der Waals surface area (Å²) in [6.07, 6.45) is 6.15. The van der Waals surface area contributed by atoms with Crippen LogP contribution in [0.1, 0.15) is 26.5 Å². The Morgan fingerprint density at radius 3 is 2.56 bits per heavy atom. The molecule has 0 aliphatic rings. The Labute approximate surface area is 145 Å². The summed E-state index contributed by atoms with van der Waals surface area (Å²) >= 11 is 0. The van der Waals surface area contributed by atoms with Gasteiger partial charge in [-0.15, -0.1) is 5.10 Å². The van der Waals surface area contributed by atoms with Crippen molar-refractivity contribution in [1.82, 2.24) is 24.6 Å². The van der Waals surface area contributed by atoms with E-state index in [1.165, 1.54) is 0 Å². The lowest BCUT2D eigenvalue weighted by molar-refractivity contribution is 0.407. The molecule has 0 aliphatic carbocycles. The molecule has 4 aromatic rings. The minimum Gasteiger partial charge on any atom is -0.367 e. The molecule has 0 atom stereocenters. The highest BCUT2D eigenvalue weighted by Crippen LogP contribution is 2.31. The van der Waals surface area contributed by atoms with E-state index in [1.807, 2.05) is 22.8 Å². The van der Waals surface area contributed by atoms with Crippen molar-refractivity contribution in [2.24, 2.45) is 5.41 Å². The van der Waals surface area contributed by atoms with Gasteiger partial charge in [0.1, 0.15) is 0 Å². The van der Waals surface area contributed by atoms with Crippen LogP contribution in [0.25, 0.3) is 27.7 Å². The molecule has 6 nitrogen and oxygen atoms in total. The van der Waals surface area contributed by atoms with Gasteiger partial charge in [0.25, 0.3) is 0 Å². The molecule has 0 unspecified atom stereocenters. The molecule has 0 aliphatic heterocycles. The summed E-state index contributed by atoms with van der Waals surface area (Å²) in [5, 5.41) is 4.33. The number of benzene rings is 1. The second-order valence-corrected chi connectivity index (χ2v) is 7.44. The second-order valence-electron chi connectivity index (χ2n) is 7.44. The Kier molecular flexibility index (Phi) is 3.42. The maximum atomic E-state index is 5.90. The monoisotopic (exact) mass is 332 g/mol. The molecule has 0 radical (unpaired) electrons. The van der Waals surface area contributed by atoms with E-state index in [-0.39, 0.29) is 5.41 Å². The Bertz CT molecular complexity index is 1070. The van der Waals surface area contributed by atoms with E-state index in [0.717, 1.165) is 39.8 Å². The number of fused-ring (bicyclic) bond motifs is 2. The lowest BCUT2D eigenvalue weighted by Gasteiger charge is -2.18. The Balaban J connectivity index is 1.94. The van der Waals surface area contributed by atoms with Gasteiger partial charge in [-0.3, -0.25) is 9.97 Å². The van der Waals surface area contributed by atoms with Gasteiger partial charge < -0.3 is 5.73 Å². The number of rotatable bonds is 2. The topological polar surface area (TPSA) is 82.0 Å². The average molecular weight is 332 g/mol. The summed E-state index contributed by atoms with van der Waals surface area (Å²) in [6, 6.07) is 8.15. The first-order valence-electron chi connectivity index (χ1n) is 8.26. The maximum absolute atomic E-state index is 5.90. The molecule has 0 amide bonds. The van der Waals surface area contributed by atoms with E-state index in [4.69, 9.17) is 5.73 Å². The first kappa shape index (κ1) is 15.5. The van der Waals surface area contributed by atoms with Crippen LogP contribution in [0.5, 0.6) is 0 Å². The Morgan fingerprint density at radius 2 is 1.80 bits per heavy atom. The molecule has 0 fully saturated rings. The smallest absolute Gasteiger partial charge is 0.238 e. The molecule has 25 heavy (non-hydrogen) atoms. The fourth-order valence-electron chi connectivity index (χ4n) is 3.11. The van der Waals surface area contributed by atoms with Crippen LogP contribution >= 0.6 is 0 Å². The van der Waals surface area contributed by atoms with Gasteiger partial charge in [-0.1, -0.05) is 26.8 Å². The zero-order valence-electron chi connectivity index (χ0n) is 14.6. The highest BCUT2D eigenvalue weighted by Gasteiger charge is 2.19. The molecule has 0 spiro atoms. The van der Waals surface area contributed by atoms with Crippen molar-refractivity contribution >= 4 is 22.5 Å². The Morgan fingerprint density at radius 1 is 1.04 bits per heavy atom. The molecule has 3 aromatic heterocycles. The molecule has 3 heterocycles. The van der Waals surface area contributed by atoms with Gasteiger partial charge in [-0.05, 0) is 35.6 Å². The summed E-state index contributed by atoms with van der Waals surface area (Å²) in [6.45, 7) is 6.57. The molecular weight excluding hydrogens is 312 g/mol. The van der Waals surface area contributed by atoms with Crippen molar-refractivity contribution in [3.05, 3.63) is 48.5 Å². The average Bonchev–Trinajstić information content (AvgIpc) is 2.97. The van der Waals surface area contributed by atoms with Crippen molar-refractivity contribution in [2.45, 2.75) is 27.2 Å². The summed E-state index contributed by atoms with van der Waals surface area (Å²) < 4.78 is 1.82. The number of aromatic nitrogens is 5. The first-order chi connectivity index (χ1) is 11.9. The number of nitrogens with zero attached hydrogens (tertiary/aromatic N) is 5. The van der Waals surface area contributed by atoms with E-state index < -0.39 is 0 Å². The molecule has 4 rings (SSSR count). The van der Waals surface area contributed by atoms with Crippen LogP contribution in [0.3, 0.4) is 0 Å². The van der Waals surface area contributed by atoms with Crippen LogP contribution in [0.2, 0.25) is 0 Å². The van der Waals surface area contributed by atoms with Crippen LogP contribution in [-0.4, -0.2) is 24.6 Å².